The van der Waals surface area contributed by atoms with E-state index in [0.717, 1.165) is 9.80 Å². The lowest BCUT2D eigenvalue weighted by atomic mass is 9.91. The number of hydrogen-bond acceptors (Lipinski definition) is 13. The highest BCUT2D eigenvalue weighted by Gasteiger charge is 2.45. The van der Waals surface area contributed by atoms with Crippen molar-refractivity contribution < 1.29 is 62.6 Å². The van der Waals surface area contributed by atoms with Crippen molar-refractivity contribution in [2.75, 3.05) is 55.9 Å². The molecule has 25 nitrogen and oxygen atoms in total. The number of carbonyl (C=O) groups is 12. The van der Waals surface area contributed by atoms with Gasteiger partial charge in [-0.25, -0.2) is 0 Å². The molecule has 0 aromatic heterocycles. The summed E-state index contributed by atoms with van der Waals surface area (Å²) in [4.78, 5) is 178. The van der Waals surface area contributed by atoms with Crippen LogP contribution in [0.25, 0.3) is 0 Å². The summed E-state index contributed by atoms with van der Waals surface area (Å²) in [5, 5.41) is 23.1. The van der Waals surface area contributed by atoms with Crippen molar-refractivity contribution in [3.8, 4) is 0 Å². The van der Waals surface area contributed by atoms with Crippen LogP contribution in [-0.2, 0) is 57.5 Å². The van der Waals surface area contributed by atoms with Crippen molar-refractivity contribution in [1.82, 2.24) is 55.6 Å². The van der Waals surface area contributed by atoms with Crippen LogP contribution in [0, 0.1) is 41.4 Å². The van der Waals surface area contributed by atoms with Crippen LogP contribution in [0.4, 0.5) is 0 Å². The fourth-order valence-electron chi connectivity index (χ4n) is 10.7. The van der Waals surface area contributed by atoms with Crippen LogP contribution in [0.1, 0.15) is 163 Å². The lowest BCUT2D eigenvalue weighted by Gasteiger charge is -2.41. The molecular weight excluding hydrogens is 1140 g/mol. The summed E-state index contributed by atoms with van der Waals surface area (Å²) in [6.07, 6.45) is 3.04. The second kappa shape index (κ2) is 38.1. The van der Waals surface area contributed by atoms with E-state index in [-0.39, 0.29) is 61.7 Å². The van der Waals surface area contributed by atoms with Crippen molar-refractivity contribution in [2.24, 2.45) is 47.2 Å². The van der Waals surface area contributed by atoms with Crippen LogP contribution >= 0.6 is 0 Å². The smallest absolute Gasteiger partial charge is 0.246 e. The summed E-state index contributed by atoms with van der Waals surface area (Å²) in [5.41, 5.74) is 4.47. The van der Waals surface area contributed by atoms with Crippen molar-refractivity contribution in [2.45, 2.75) is 230 Å². The van der Waals surface area contributed by atoms with E-state index in [0.29, 0.717) is 6.42 Å². The Morgan fingerprint density at radius 2 is 0.899 bits per heavy atom. The molecule has 510 valence electrons. The van der Waals surface area contributed by atoms with E-state index in [1.807, 2.05) is 61.5 Å². The Balaban J connectivity index is 0.0000187. The molecule has 1 fully saturated rings. The highest BCUT2D eigenvalue weighted by atomic mass is 16.3. The average molecular weight is 1260 g/mol. The molecule has 12 amide bonds. The van der Waals surface area contributed by atoms with E-state index in [4.69, 9.17) is 0 Å². The maximum absolute atomic E-state index is 15.1. The number of nitrogens with two attached hydrogens (primary N) is 1. The number of hydrogen-bond donors (Lipinski definition) is 6. The fraction of sp³-hybridized carbons (Fsp3) is 0.781. The molecule has 0 aliphatic carbocycles. The third-order valence-corrected chi connectivity index (χ3v) is 16.1. The lowest BCUT2D eigenvalue weighted by molar-refractivity contribution is -0.157. The van der Waals surface area contributed by atoms with E-state index in [1.54, 1.807) is 54.5 Å². The molecule has 1 rings (SSSR count). The van der Waals surface area contributed by atoms with Gasteiger partial charge < -0.3 is 66.4 Å². The number of nitrogens with zero attached hydrogens (tertiary/aromatic N) is 7. The molecule has 0 unspecified atom stereocenters. The molecule has 0 aromatic carbocycles. The SMILES string of the molecule is C/C=C/C[C@@H](C)[C@@H](O)[C@H]1C(=O)N[C@@H](CC)C(=O)N(C)CC(=O)N(C)[C@@H](CC(C)C)C(=O)N[C@@H](C(C)C)C(=O)N(C)[C@@H](CC(C)C)C(=O)N[C@@H](C)C(=O)N[C@H](C)C(=O)N(C)[C@@H](CC(C)C)C(=O)N(C)[C@@H](CC(C)C)C(=O)N(C)[C@@H](C(C)C)C(=O)N1C.CC(N)=O. The summed E-state index contributed by atoms with van der Waals surface area (Å²) < 4.78 is 0. The zero-order valence-corrected chi connectivity index (χ0v) is 58.6. The number of likely N-dealkylation sites (N-methyl/N-ethyl adjacent to an activating group) is 7. The van der Waals surface area contributed by atoms with E-state index < -0.39 is 156 Å². The molecule has 0 bridgehead atoms. The van der Waals surface area contributed by atoms with E-state index in [2.05, 4.69) is 27.0 Å². The first-order chi connectivity index (χ1) is 40.9. The number of aliphatic hydroxyl groups excluding tert-OH is 1. The zero-order valence-electron chi connectivity index (χ0n) is 58.6. The Morgan fingerprint density at radius 1 is 0.506 bits per heavy atom. The molecule has 1 aliphatic rings. The maximum atomic E-state index is 15.1. The third kappa shape index (κ3) is 24.9. The Labute approximate surface area is 532 Å². The molecule has 89 heavy (non-hydrogen) atoms. The predicted molar refractivity (Wildman–Crippen MR) is 343 cm³/mol. The number of primary amides is 1. The molecule has 12 atom stereocenters. The van der Waals surface area contributed by atoms with E-state index in [1.165, 1.54) is 94.6 Å². The van der Waals surface area contributed by atoms with Crippen molar-refractivity contribution in [3.63, 3.8) is 0 Å². The second-order valence-electron chi connectivity index (χ2n) is 26.7. The quantitative estimate of drug-likeness (QED) is 0.129. The van der Waals surface area contributed by atoms with Crippen LogP contribution in [-0.4, -0.2) is 233 Å². The Kier molecular flexibility index (Phi) is 35.3. The number of nitrogens with one attached hydrogen (secondary N) is 4. The molecule has 1 saturated heterocycles. The van der Waals surface area contributed by atoms with Crippen LogP contribution in [0.3, 0.4) is 0 Å². The topological polar surface area (TPSA) is 322 Å². The number of carbonyl (C=O) groups excluding carboxylic acids is 12. The molecule has 0 radical (unpaired) electrons. The van der Waals surface area contributed by atoms with Gasteiger partial charge in [-0.15, -0.1) is 0 Å². The highest BCUT2D eigenvalue weighted by Crippen LogP contribution is 2.26. The maximum Gasteiger partial charge on any atom is 0.246 e. The summed E-state index contributed by atoms with van der Waals surface area (Å²) in [6, 6.07) is -12.3. The minimum atomic E-state index is -1.61. The molecule has 0 spiro atoms. The van der Waals surface area contributed by atoms with Crippen molar-refractivity contribution in [3.05, 3.63) is 12.2 Å². The van der Waals surface area contributed by atoms with Crippen molar-refractivity contribution in [1.29, 1.82) is 0 Å². The van der Waals surface area contributed by atoms with Gasteiger partial charge in [0.05, 0.1) is 12.6 Å². The van der Waals surface area contributed by atoms with Gasteiger partial charge in [-0.1, -0.05) is 109 Å². The first-order valence-corrected chi connectivity index (χ1v) is 31.6. The third-order valence-electron chi connectivity index (χ3n) is 16.1. The monoisotopic (exact) mass is 1260 g/mol. The second-order valence-corrected chi connectivity index (χ2v) is 26.7. The largest absolute Gasteiger partial charge is 0.390 e. The number of allylic oxidation sites excluding steroid dienone is 2. The lowest BCUT2D eigenvalue weighted by Crippen LogP contribution is -2.63. The molecule has 25 heteroatoms. The standard InChI is InChI=1S/C62H111N11O12.C2H5NO/c1-25-27-28-40(15)52(75)51-56(79)65-43(26-2)58(81)67(18)33-48(74)68(19)44(29-34(3)4)55(78)66-49(38(11)12)61(84)69(20)45(30-35(5)6)54(77)63-41(16)53(76)64-42(17)57(80)70(21)46(31-36(7)8)59(82)71(22)47(32-37(9)10)60(83)72(23)50(39(13)14)62(85)73(51)24;1-2(3)4/h25,27,34-47,49-52,75H,26,28-33H2,1-24H3,(H,63,77)(H,64,76)(H,65,79)(H,66,78);1H3,(H2,3,4)/b27-25+;/t40-,41+,42-,43+,44+,45+,46+,47+,49+,50+,51+,52-;/m1./s1. The van der Waals surface area contributed by atoms with E-state index in [9.17, 15) is 53.1 Å². The molecule has 7 N–H and O–H groups in total. The van der Waals surface area contributed by atoms with Gasteiger partial charge in [-0.05, 0) is 101 Å². The minimum absolute atomic E-state index is 0.0229. The predicted octanol–water partition coefficient (Wildman–Crippen LogP) is 2.76. The number of aliphatic hydroxyl groups is 1. The van der Waals surface area contributed by atoms with Gasteiger partial charge in [-0.3, -0.25) is 57.5 Å². The van der Waals surface area contributed by atoms with Crippen molar-refractivity contribution >= 4 is 70.9 Å². The molecular formula is C64H116N12O13. The van der Waals surface area contributed by atoms with Crippen LogP contribution in [0.5, 0.6) is 0 Å². The molecule has 1 heterocycles. The summed E-state index contributed by atoms with van der Waals surface area (Å²) in [6.45, 7) is 30.6. The molecule has 0 saturated carbocycles. The average Bonchev–Trinajstić information content (AvgIpc) is 0.999. The Morgan fingerprint density at radius 3 is 1.33 bits per heavy atom. The van der Waals surface area contributed by atoms with Gasteiger partial charge in [-0.2, -0.15) is 0 Å². The van der Waals surface area contributed by atoms with Gasteiger partial charge in [0, 0.05) is 56.3 Å². The minimum Gasteiger partial charge on any atom is -0.390 e. The Hall–Kier alpha value is -6.66. The first kappa shape index (κ1) is 82.3. The highest BCUT2D eigenvalue weighted by molar-refractivity contribution is 5.99. The summed E-state index contributed by atoms with van der Waals surface area (Å²) in [5.74, 6) is -10.0. The zero-order chi connectivity index (χ0) is 69.6. The van der Waals surface area contributed by atoms with Gasteiger partial charge in [0.25, 0.3) is 0 Å². The Bertz CT molecular complexity index is 2430. The fourth-order valence-corrected chi connectivity index (χ4v) is 10.7. The molecule has 0 aromatic rings. The van der Waals surface area contributed by atoms with Gasteiger partial charge >= 0.3 is 0 Å². The van der Waals surface area contributed by atoms with Crippen LogP contribution in [0.2, 0.25) is 0 Å². The van der Waals surface area contributed by atoms with Crippen LogP contribution in [0.15, 0.2) is 12.2 Å². The van der Waals surface area contributed by atoms with Gasteiger partial charge in [0.1, 0.15) is 60.4 Å². The molecule has 1 aliphatic heterocycles. The van der Waals surface area contributed by atoms with Gasteiger partial charge in [0.15, 0.2) is 0 Å². The number of rotatable bonds is 15. The summed E-state index contributed by atoms with van der Waals surface area (Å²) in [7, 11) is 9.92. The van der Waals surface area contributed by atoms with E-state index >= 15 is 9.59 Å². The van der Waals surface area contributed by atoms with Gasteiger partial charge in [0.2, 0.25) is 70.9 Å². The summed E-state index contributed by atoms with van der Waals surface area (Å²) >= 11 is 0. The normalized spacial score (nSPS) is 26.0. The number of amides is 12. The first-order valence-electron chi connectivity index (χ1n) is 31.6. The van der Waals surface area contributed by atoms with Crippen LogP contribution < -0.4 is 27.0 Å².